The number of aryl methyl sites for hydroxylation is 1. The van der Waals surface area contributed by atoms with Crippen molar-refractivity contribution in [3.05, 3.63) is 79.0 Å². The Labute approximate surface area is 236 Å². The molecule has 0 aliphatic carbocycles. The summed E-state index contributed by atoms with van der Waals surface area (Å²) in [5.41, 5.74) is 1.36. The van der Waals surface area contributed by atoms with Crippen LogP contribution in [0.15, 0.2) is 52.3 Å². The van der Waals surface area contributed by atoms with E-state index in [1.54, 1.807) is 12.3 Å². The van der Waals surface area contributed by atoms with Crippen LogP contribution in [-0.2, 0) is 17.8 Å². The fraction of sp³-hybridized carbons (Fsp3) is 0.370. The molecule has 0 atom stereocenters. The average Bonchev–Trinajstić information content (AvgIpc) is 3.32. The minimum absolute atomic E-state index is 0.186. The van der Waals surface area contributed by atoms with Crippen molar-refractivity contribution in [2.75, 3.05) is 39.5 Å². The van der Waals surface area contributed by atoms with Crippen molar-refractivity contribution < 1.29 is 22.6 Å². The van der Waals surface area contributed by atoms with E-state index in [2.05, 4.69) is 9.88 Å². The highest BCUT2D eigenvalue weighted by Crippen LogP contribution is 2.41. The van der Waals surface area contributed by atoms with Gasteiger partial charge in [-0.3, -0.25) is 23.8 Å². The summed E-state index contributed by atoms with van der Waals surface area (Å²) in [6.45, 7) is 4.58. The van der Waals surface area contributed by atoms with Crippen LogP contribution in [-0.4, -0.2) is 64.6 Å². The molecule has 40 heavy (non-hydrogen) atoms. The molecule has 1 aliphatic rings. The summed E-state index contributed by atoms with van der Waals surface area (Å²) in [5.74, 6) is 0.689. The van der Waals surface area contributed by atoms with Gasteiger partial charge in [-0.25, -0.2) is 4.79 Å². The lowest BCUT2D eigenvalue weighted by Gasteiger charge is -2.26. The topological polar surface area (TPSA) is 78.6 Å². The monoisotopic (exact) mass is 594 g/mol. The quantitative estimate of drug-likeness (QED) is 0.297. The van der Waals surface area contributed by atoms with Crippen LogP contribution in [0.25, 0.3) is 21.3 Å². The van der Waals surface area contributed by atoms with Gasteiger partial charge in [-0.05, 0) is 36.8 Å². The predicted octanol–water partition coefficient (Wildman–Crippen LogP) is 4.57. The van der Waals surface area contributed by atoms with Crippen LogP contribution < -0.4 is 16.0 Å². The van der Waals surface area contributed by atoms with Crippen molar-refractivity contribution in [3.8, 4) is 16.9 Å². The molecule has 212 valence electrons. The van der Waals surface area contributed by atoms with Gasteiger partial charge in [-0.1, -0.05) is 11.6 Å². The summed E-state index contributed by atoms with van der Waals surface area (Å²) >= 11 is 7.75. The number of nitrogens with zero attached hydrogens (tertiary/aromatic N) is 4. The maximum atomic E-state index is 12.9. The first kappa shape index (κ1) is 28.3. The molecule has 5 rings (SSSR count). The van der Waals surface area contributed by atoms with E-state index < -0.39 is 24.0 Å². The Morgan fingerprint density at radius 3 is 2.65 bits per heavy atom. The third kappa shape index (κ3) is 6.41. The van der Waals surface area contributed by atoms with Crippen LogP contribution in [0.5, 0.6) is 5.75 Å². The summed E-state index contributed by atoms with van der Waals surface area (Å²) in [5, 5.41) is 0.538. The summed E-state index contributed by atoms with van der Waals surface area (Å²) in [7, 11) is 0. The molecule has 3 aromatic heterocycles. The number of rotatable bonds is 8. The predicted molar refractivity (Wildman–Crippen MR) is 148 cm³/mol. The van der Waals surface area contributed by atoms with Gasteiger partial charge in [0.2, 0.25) is 0 Å². The molecule has 1 aliphatic heterocycles. The molecular formula is C27H26ClF3N4O4S. The standard InChI is InChI=1S/C27H26ClF3N4O4S/c1-17-12-18(28)13-21(24(17)39-11-8-33-6-9-38-10-7-33)20-2-4-32-22-14-19(40-25(20)22)15-35-23(36)3-5-34(26(35)37)16-27(29,30)31/h2-5,12-14H,6-11,15-16H2,1H3. The zero-order valence-electron chi connectivity index (χ0n) is 21.5. The number of hydrogen-bond acceptors (Lipinski definition) is 7. The molecule has 0 saturated carbocycles. The van der Waals surface area contributed by atoms with Gasteiger partial charge in [0.25, 0.3) is 5.56 Å². The fourth-order valence-electron chi connectivity index (χ4n) is 4.67. The van der Waals surface area contributed by atoms with E-state index in [4.69, 9.17) is 21.1 Å². The van der Waals surface area contributed by atoms with Gasteiger partial charge in [0, 0.05) is 59.1 Å². The largest absolute Gasteiger partial charge is 0.491 e. The molecule has 8 nitrogen and oxygen atoms in total. The van der Waals surface area contributed by atoms with Crippen LogP contribution in [0.1, 0.15) is 10.4 Å². The maximum Gasteiger partial charge on any atom is 0.406 e. The number of pyridine rings is 1. The highest BCUT2D eigenvalue weighted by Gasteiger charge is 2.29. The summed E-state index contributed by atoms with van der Waals surface area (Å²) in [6, 6.07) is 8.19. The second-order valence-corrected chi connectivity index (χ2v) is 11.0. The van der Waals surface area contributed by atoms with E-state index in [-0.39, 0.29) is 6.54 Å². The number of aromatic nitrogens is 3. The Bertz CT molecular complexity index is 1640. The molecule has 0 unspecified atom stereocenters. The maximum absolute atomic E-state index is 12.9. The highest BCUT2D eigenvalue weighted by molar-refractivity contribution is 7.19. The molecular weight excluding hydrogens is 569 g/mol. The number of thiophene rings is 1. The molecule has 1 aromatic carbocycles. The SMILES string of the molecule is Cc1cc(Cl)cc(-c2ccnc3cc(Cn4c(=O)ccn(CC(F)(F)F)c4=O)sc23)c1OCCN1CCOCC1. The molecule has 0 bridgehead atoms. The Morgan fingerprint density at radius 2 is 1.90 bits per heavy atom. The van der Waals surface area contributed by atoms with Gasteiger partial charge in [0.1, 0.15) is 18.9 Å². The number of halogens is 4. The Hall–Kier alpha value is -3.19. The molecule has 4 heterocycles. The normalized spacial score (nSPS) is 14.6. The second-order valence-electron chi connectivity index (χ2n) is 9.45. The number of ether oxygens (including phenoxy) is 2. The first-order valence-corrected chi connectivity index (χ1v) is 13.8. The lowest BCUT2D eigenvalue weighted by Crippen LogP contribution is -2.41. The molecule has 1 saturated heterocycles. The third-order valence-electron chi connectivity index (χ3n) is 6.55. The Balaban J connectivity index is 1.47. The van der Waals surface area contributed by atoms with Crippen LogP contribution >= 0.6 is 22.9 Å². The molecule has 0 amide bonds. The summed E-state index contributed by atoms with van der Waals surface area (Å²) < 4.78 is 52.5. The zero-order valence-corrected chi connectivity index (χ0v) is 23.1. The van der Waals surface area contributed by atoms with Crippen LogP contribution in [0.2, 0.25) is 5.02 Å². The number of fused-ring (bicyclic) bond motifs is 1. The van der Waals surface area contributed by atoms with Gasteiger partial charge in [-0.15, -0.1) is 11.3 Å². The van der Waals surface area contributed by atoms with Gasteiger partial charge in [0.05, 0.1) is 30.0 Å². The van der Waals surface area contributed by atoms with E-state index >= 15 is 0 Å². The molecule has 4 aromatic rings. The number of hydrogen-bond donors (Lipinski definition) is 0. The summed E-state index contributed by atoms with van der Waals surface area (Å²) in [4.78, 5) is 32.4. The lowest BCUT2D eigenvalue weighted by atomic mass is 10.0. The first-order valence-electron chi connectivity index (χ1n) is 12.6. The first-order chi connectivity index (χ1) is 19.1. The lowest BCUT2D eigenvalue weighted by molar-refractivity contribution is -0.141. The third-order valence-corrected chi connectivity index (χ3v) is 7.91. The summed E-state index contributed by atoms with van der Waals surface area (Å²) in [6.07, 6.45) is -2.09. The molecule has 13 heteroatoms. The number of benzene rings is 1. The smallest absolute Gasteiger partial charge is 0.406 e. The highest BCUT2D eigenvalue weighted by atomic mass is 35.5. The van der Waals surface area contributed by atoms with Crippen LogP contribution in [0, 0.1) is 6.92 Å². The van der Waals surface area contributed by atoms with Crippen molar-refractivity contribution in [1.29, 1.82) is 0 Å². The molecule has 0 radical (unpaired) electrons. The number of alkyl halides is 3. The molecule has 0 spiro atoms. The van der Waals surface area contributed by atoms with Crippen molar-refractivity contribution in [1.82, 2.24) is 19.0 Å². The van der Waals surface area contributed by atoms with Crippen LogP contribution in [0.4, 0.5) is 13.2 Å². The van der Waals surface area contributed by atoms with Gasteiger partial charge in [-0.2, -0.15) is 13.2 Å². The Morgan fingerprint density at radius 1 is 1.12 bits per heavy atom. The minimum atomic E-state index is -4.60. The average molecular weight is 595 g/mol. The molecule has 1 fully saturated rings. The number of morpholine rings is 1. The van der Waals surface area contributed by atoms with Crippen molar-refractivity contribution in [2.24, 2.45) is 0 Å². The minimum Gasteiger partial charge on any atom is -0.491 e. The van der Waals surface area contributed by atoms with E-state index in [0.29, 0.717) is 45.6 Å². The van der Waals surface area contributed by atoms with Gasteiger partial charge in [0.15, 0.2) is 0 Å². The van der Waals surface area contributed by atoms with E-state index in [1.807, 2.05) is 25.1 Å². The second kappa shape index (κ2) is 11.7. The van der Waals surface area contributed by atoms with Crippen molar-refractivity contribution in [3.63, 3.8) is 0 Å². The molecule has 0 N–H and O–H groups in total. The Kier molecular flexibility index (Phi) is 8.31. The van der Waals surface area contributed by atoms with E-state index in [1.165, 1.54) is 11.3 Å². The van der Waals surface area contributed by atoms with Gasteiger partial charge < -0.3 is 9.47 Å². The van der Waals surface area contributed by atoms with Crippen molar-refractivity contribution >= 4 is 33.2 Å². The zero-order chi connectivity index (χ0) is 28.4. The van der Waals surface area contributed by atoms with E-state index in [9.17, 15) is 22.8 Å². The fourth-order valence-corrected chi connectivity index (χ4v) is 6.08. The van der Waals surface area contributed by atoms with Gasteiger partial charge >= 0.3 is 11.9 Å². The van der Waals surface area contributed by atoms with Crippen molar-refractivity contribution in [2.45, 2.75) is 26.2 Å². The van der Waals surface area contributed by atoms with E-state index in [0.717, 1.165) is 57.9 Å². The van der Waals surface area contributed by atoms with Crippen LogP contribution in [0.3, 0.4) is 0 Å².